The molecule has 0 spiro atoms. The molecule has 2 rings (SSSR count). The number of hydrazine groups is 1. The molecule has 3 unspecified atom stereocenters. The first-order valence-electron chi connectivity index (χ1n) is 6.43. The van der Waals surface area contributed by atoms with Gasteiger partial charge >= 0.3 is 0 Å². The maximum Gasteiger partial charge on any atom is 0.230 e. The second-order valence-corrected chi connectivity index (χ2v) is 4.86. The van der Waals surface area contributed by atoms with Crippen molar-refractivity contribution >= 4 is 5.91 Å². The van der Waals surface area contributed by atoms with Gasteiger partial charge in [0.1, 0.15) is 5.82 Å². The zero-order valence-electron chi connectivity index (χ0n) is 11.1. The summed E-state index contributed by atoms with van der Waals surface area (Å²) in [5.74, 6) is -0.577. The highest BCUT2D eigenvalue weighted by atomic mass is 19.1. The van der Waals surface area contributed by atoms with Crippen molar-refractivity contribution in [2.75, 3.05) is 0 Å². The van der Waals surface area contributed by atoms with Gasteiger partial charge in [-0.2, -0.15) is 0 Å². The Morgan fingerprint density at radius 1 is 1.40 bits per heavy atom. The van der Waals surface area contributed by atoms with Crippen LogP contribution in [0.5, 0.6) is 0 Å². The molecule has 7 heteroatoms. The molecule has 1 aliphatic carbocycles. The molecule has 106 valence electrons. The minimum absolute atomic E-state index is 0.0418. The van der Waals surface area contributed by atoms with Gasteiger partial charge in [0.25, 0.3) is 0 Å². The third-order valence-electron chi connectivity index (χ3n) is 3.51. The van der Waals surface area contributed by atoms with Gasteiger partial charge in [0.05, 0.1) is 0 Å². The number of benzene rings is 1. The molecule has 1 amide bonds. The van der Waals surface area contributed by atoms with Gasteiger partial charge in [-0.05, 0) is 36.1 Å². The largest absolute Gasteiger partial charge is 0.292 e. The molecule has 1 aromatic rings. The zero-order valence-corrected chi connectivity index (χ0v) is 11.1. The first-order chi connectivity index (χ1) is 9.61. The molecule has 1 saturated carbocycles. The highest BCUT2D eigenvalue weighted by Crippen LogP contribution is 2.37. The standard InChI is InChI=1S/C13H16FN5O/c1-8(20)16-17-11-6-7-12(18-19-15)13(11)9-2-4-10(14)5-3-9/h2-5,11-13,17H,6-7H2,1H3,(H,16,20). The molecule has 3 atom stereocenters. The molecule has 0 saturated heterocycles. The van der Waals surface area contributed by atoms with E-state index in [1.807, 2.05) is 0 Å². The number of azide groups is 1. The van der Waals surface area contributed by atoms with Crippen LogP contribution < -0.4 is 10.9 Å². The van der Waals surface area contributed by atoms with Crippen molar-refractivity contribution < 1.29 is 9.18 Å². The molecule has 0 aliphatic heterocycles. The second-order valence-electron chi connectivity index (χ2n) is 4.86. The minimum atomic E-state index is -0.307. The molecule has 2 N–H and O–H groups in total. The van der Waals surface area contributed by atoms with Crippen molar-refractivity contribution in [2.45, 2.75) is 37.8 Å². The van der Waals surface area contributed by atoms with E-state index in [2.05, 4.69) is 20.9 Å². The van der Waals surface area contributed by atoms with Gasteiger partial charge in [-0.3, -0.25) is 10.2 Å². The average Bonchev–Trinajstić information content (AvgIpc) is 2.81. The van der Waals surface area contributed by atoms with Gasteiger partial charge in [-0.1, -0.05) is 17.2 Å². The lowest BCUT2D eigenvalue weighted by atomic mass is 9.91. The lowest BCUT2D eigenvalue weighted by molar-refractivity contribution is -0.120. The van der Waals surface area contributed by atoms with Crippen LogP contribution in [-0.2, 0) is 4.79 Å². The van der Waals surface area contributed by atoms with Crippen molar-refractivity contribution in [1.29, 1.82) is 0 Å². The predicted molar refractivity (Wildman–Crippen MR) is 72.0 cm³/mol. The van der Waals surface area contributed by atoms with E-state index >= 15 is 0 Å². The monoisotopic (exact) mass is 277 g/mol. The summed E-state index contributed by atoms with van der Waals surface area (Å²) in [7, 11) is 0. The van der Waals surface area contributed by atoms with E-state index in [0.717, 1.165) is 18.4 Å². The van der Waals surface area contributed by atoms with Gasteiger partial charge in [-0.25, -0.2) is 9.82 Å². The summed E-state index contributed by atoms with van der Waals surface area (Å²) in [4.78, 5) is 13.9. The fourth-order valence-electron chi connectivity index (χ4n) is 2.67. The molecule has 1 fully saturated rings. The first-order valence-corrected chi connectivity index (χ1v) is 6.43. The van der Waals surface area contributed by atoms with Gasteiger partial charge < -0.3 is 0 Å². The molecule has 1 aromatic carbocycles. The quantitative estimate of drug-likeness (QED) is 0.383. The Morgan fingerprint density at radius 3 is 2.70 bits per heavy atom. The van der Waals surface area contributed by atoms with Gasteiger partial charge in [0.15, 0.2) is 0 Å². The molecular formula is C13H16FN5O. The van der Waals surface area contributed by atoms with E-state index in [1.54, 1.807) is 12.1 Å². The van der Waals surface area contributed by atoms with Gasteiger partial charge in [-0.15, -0.1) is 0 Å². The molecule has 6 nitrogen and oxygen atoms in total. The molecule has 0 heterocycles. The Balaban J connectivity index is 2.22. The van der Waals surface area contributed by atoms with E-state index in [-0.39, 0.29) is 29.7 Å². The van der Waals surface area contributed by atoms with Crippen molar-refractivity contribution in [1.82, 2.24) is 10.9 Å². The van der Waals surface area contributed by atoms with Crippen LogP contribution in [0.2, 0.25) is 0 Å². The molecule has 0 aromatic heterocycles. The number of nitrogens with zero attached hydrogens (tertiary/aromatic N) is 3. The Morgan fingerprint density at radius 2 is 2.10 bits per heavy atom. The summed E-state index contributed by atoms with van der Waals surface area (Å²) in [6, 6.07) is 5.91. The second kappa shape index (κ2) is 6.36. The number of carbonyl (C=O) groups excluding carboxylic acids is 1. The average molecular weight is 277 g/mol. The normalized spacial score (nSPS) is 25.0. The van der Waals surface area contributed by atoms with E-state index in [9.17, 15) is 9.18 Å². The molecule has 20 heavy (non-hydrogen) atoms. The third kappa shape index (κ3) is 3.26. The van der Waals surface area contributed by atoms with Crippen molar-refractivity contribution in [2.24, 2.45) is 5.11 Å². The summed E-state index contributed by atoms with van der Waals surface area (Å²) in [6.45, 7) is 1.42. The topological polar surface area (TPSA) is 89.9 Å². The molecule has 1 aliphatic rings. The van der Waals surface area contributed by atoms with E-state index < -0.39 is 0 Å². The zero-order chi connectivity index (χ0) is 14.5. The minimum Gasteiger partial charge on any atom is -0.292 e. The maximum atomic E-state index is 13.0. The molecule has 0 radical (unpaired) electrons. The fraction of sp³-hybridized carbons (Fsp3) is 0.462. The van der Waals surface area contributed by atoms with E-state index in [4.69, 9.17) is 5.53 Å². The van der Waals surface area contributed by atoms with Crippen molar-refractivity contribution in [3.8, 4) is 0 Å². The lowest BCUT2D eigenvalue weighted by Gasteiger charge is -2.24. The summed E-state index contributed by atoms with van der Waals surface area (Å²) >= 11 is 0. The third-order valence-corrected chi connectivity index (χ3v) is 3.51. The smallest absolute Gasteiger partial charge is 0.230 e. The molecule has 0 bridgehead atoms. The van der Waals surface area contributed by atoms with Crippen molar-refractivity contribution in [3.05, 3.63) is 46.1 Å². The fourth-order valence-corrected chi connectivity index (χ4v) is 2.67. The number of nitrogens with one attached hydrogen (secondary N) is 2. The number of carbonyl (C=O) groups is 1. The van der Waals surface area contributed by atoms with Crippen LogP contribution in [0.3, 0.4) is 0 Å². The molecular weight excluding hydrogens is 261 g/mol. The predicted octanol–water partition coefficient (Wildman–Crippen LogP) is 2.39. The number of halogens is 1. The summed E-state index contributed by atoms with van der Waals surface area (Å²) in [5.41, 5.74) is 15.1. The highest BCUT2D eigenvalue weighted by Gasteiger charge is 2.36. The number of hydrogen-bond donors (Lipinski definition) is 2. The Labute approximate surface area is 116 Å². The summed E-state index contributed by atoms with van der Waals surface area (Å²) in [6.07, 6.45) is 1.50. The summed E-state index contributed by atoms with van der Waals surface area (Å²) < 4.78 is 13.0. The Hall–Kier alpha value is -2.11. The van der Waals surface area contributed by atoms with Crippen LogP contribution in [0.15, 0.2) is 29.4 Å². The van der Waals surface area contributed by atoms with Gasteiger partial charge in [0.2, 0.25) is 5.91 Å². The van der Waals surface area contributed by atoms with Crippen LogP contribution in [0.25, 0.3) is 10.4 Å². The number of rotatable bonds is 4. The first kappa shape index (κ1) is 14.3. The van der Waals surface area contributed by atoms with Crippen molar-refractivity contribution in [3.63, 3.8) is 0 Å². The number of amides is 1. The Bertz CT molecular complexity index is 526. The lowest BCUT2D eigenvalue weighted by Crippen LogP contribution is -2.45. The van der Waals surface area contributed by atoms with Crippen LogP contribution in [0, 0.1) is 5.82 Å². The van der Waals surface area contributed by atoms with Gasteiger partial charge in [0, 0.05) is 29.8 Å². The highest BCUT2D eigenvalue weighted by molar-refractivity contribution is 5.72. The van der Waals surface area contributed by atoms with E-state index in [1.165, 1.54) is 19.1 Å². The van der Waals surface area contributed by atoms with Crippen LogP contribution in [-0.4, -0.2) is 18.0 Å². The SMILES string of the molecule is CC(=O)NNC1CCC(N=[N+]=[N-])C1c1ccc(F)cc1. The maximum absolute atomic E-state index is 13.0. The number of hydrogen-bond acceptors (Lipinski definition) is 3. The van der Waals surface area contributed by atoms with Crippen LogP contribution in [0.1, 0.15) is 31.2 Å². The van der Waals surface area contributed by atoms with Crippen LogP contribution >= 0.6 is 0 Å². The Kier molecular flexibility index (Phi) is 4.55. The van der Waals surface area contributed by atoms with E-state index in [0.29, 0.717) is 0 Å². The summed E-state index contributed by atoms with van der Waals surface area (Å²) in [5, 5.41) is 3.82. The van der Waals surface area contributed by atoms with Crippen LogP contribution in [0.4, 0.5) is 4.39 Å².